The van der Waals surface area contributed by atoms with Crippen molar-refractivity contribution in [2.75, 3.05) is 13.2 Å². The largest absolute Gasteiger partial charge is 0.376 e. The molecule has 2 heterocycles. The quantitative estimate of drug-likeness (QED) is 0.643. The molecule has 0 radical (unpaired) electrons. The fourth-order valence-electron chi connectivity index (χ4n) is 4.33. The highest BCUT2D eigenvalue weighted by Crippen LogP contribution is 2.34. The Labute approximate surface area is 166 Å². The van der Waals surface area contributed by atoms with Crippen LogP contribution in [0, 0.1) is 5.92 Å². The van der Waals surface area contributed by atoms with E-state index >= 15 is 0 Å². The topological polar surface area (TPSA) is 68.5 Å². The number of amides is 1. The average Bonchev–Trinajstić information content (AvgIpc) is 3.46. The van der Waals surface area contributed by atoms with Gasteiger partial charge in [-0.1, -0.05) is 48.3 Å². The summed E-state index contributed by atoms with van der Waals surface area (Å²) in [5, 5.41) is 4.10. The van der Waals surface area contributed by atoms with Crippen molar-refractivity contribution in [1.29, 1.82) is 0 Å². The van der Waals surface area contributed by atoms with Crippen molar-refractivity contribution in [1.82, 2.24) is 15.0 Å². The third-order valence-electron chi connectivity index (χ3n) is 5.86. The smallest absolute Gasteiger partial charge is 0.249 e. The zero-order chi connectivity index (χ0) is 19.2. The summed E-state index contributed by atoms with van der Waals surface area (Å²) in [6.07, 6.45) is 8.10. The van der Waals surface area contributed by atoms with Crippen LogP contribution in [-0.4, -0.2) is 34.1 Å². The second-order valence-electron chi connectivity index (χ2n) is 7.94. The molecule has 0 bridgehead atoms. The highest BCUT2D eigenvalue weighted by Gasteiger charge is 2.35. The van der Waals surface area contributed by atoms with E-state index in [2.05, 4.69) is 10.1 Å². The fraction of sp³-hybridized carbons (Fsp3) is 0.591. The Bertz CT molecular complexity index is 755. The van der Waals surface area contributed by atoms with Gasteiger partial charge in [0, 0.05) is 19.4 Å². The standard InChI is InChI=1S/C22H29N3O3/c26-21(15-17-7-4-5-8-17)25-13-6-11-19(25)22-23-20(24-28-22)12-14-27-16-18-9-2-1-3-10-18/h1-3,9-10,17,19H,4-8,11-16H2. The van der Waals surface area contributed by atoms with Crippen LogP contribution in [0.15, 0.2) is 34.9 Å². The second-order valence-corrected chi connectivity index (χ2v) is 7.94. The maximum atomic E-state index is 12.8. The summed E-state index contributed by atoms with van der Waals surface area (Å²) in [4.78, 5) is 19.3. The van der Waals surface area contributed by atoms with E-state index in [9.17, 15) is 4.79 Å². The number of aromatic nitrogens is 2. The van der Waals surface area contributed by atoms with Gasteiger partial charge in [-0.25, -0.2) is 0 Å². The number of hydrogen-bond donors (Lipinski definition) is 0. The first-order chi connectivity index (χ1) is 13.8. The molecule has 0 spiro atoms. The van der Waals surface area contributed by atoms with Crippen molar-refractivity contribution < 1.29 is 14.1 Å². The molecule has 2 aromatic rings. The molecule has 0 N–H and O–H groups in total. The van der Waals surface area contributed by atoms with Gasteiger partial charge in [0.05, 0.1) is 13.2 Å². The van der Waals surface area contributed by atoms with Crippen LogP contribution >= 0.6 is 0 Å². The Morgan fingerprint density at radius 3 is 2.79 bits per heavy atom. The minimum atomic E-state index is -0.0552. The molecule has 1 saturated carbocycles. The molecule has 6 heteroatoms. The molecular formula is C22H29N3O3. The predicted octanol–water partition coefficient (Wildman–Crippen LogP) is 4.07. The minimum Gasteiger partial charge on any atom is -0.376 e. The third-order valence-corrected chi connectivity index (χ3v) is 5.86. The van der Waals surface area contributed by atoms with Gasteiger partial charge in [-0.05, 0) is 37.2 Å². The predicted molar refractivity (Wildman–Crippen MR) is 104 cm³/mol. The van der Waals surface area contributed by atoms with Crippen LogP contribution < -0.4 is 0 Å². The van der Waals surface area contributed by atoms with Crippen LogP contribution in [0.5, 0.6) is 0 Å². The normalized spacial score (nSPS) is 20.1. The third kappa shape index (κ3) is 4.79. The van der Waals surface area contributed by atoms with Crippen LogP contribution in [0.2, 0.25) is 0 Å². The van der Waals surface area contributed by atoms with E-state index < -0.39 is 0 Å². The zero-order valence-electron chi connectivity index (χ0n) is 16.4. The van der Waals surface area contributed by atoms with E-state index in [1.165, 1.54) is 25.7 Å². The average molecular weight is 383 g/mol. The molecular weight excluding hydrogens is 354 g/mol. The number of carbonyl (C=O) groups is 1. The lowest BCUT2D eigenvalue weighted by molar-refractivity contribution is -0.133. The summed E-state index contributed by atoms with van der Waals surface area (Å²) in [5.41, 5.74) is 1.15. The maximum absolute atomic E-state index is 12.8. The summed E-state index contributed by atoms with van der Waals surface area (Å²) >= 11 is 0. The van der Waals surface area contributed by atoms with E-state index in [-0.39, 0.29) is 11.9 Å². The number of ether oxygens (including phenoxy) is 1. The van der Waals surface area contributed by atoms with Gasteiger partial charge < -0.3 is 14.2 Å². The molecule has 28 heavy (non-hydrogen) atoms. The van der Waals surface area contributed by atoms with Crippen LogP contribution in [0.25, 0.3) is 0 Å². The van der Waals surface area contributed by atoms with Gasteiger partial charge in [-0.2, -0.15) is 4.98 Å². The van der Waals surface area contributed by atoms with E-state index in [4.69, 9.17) is 9.26 Å². The van der Waals surface area contributed by atoms with Crippen molar-refractivity contribution in [3.63, 3.8) is 0 Å². The number of carbonyl (C=O) groups excluding carboxylic acids is 1. The van der Waals surface area contributed by atoms with Crippen molar-refractivity contribution in [2.24, 2.45) is 5.92 Å². The molecule has 2 aliphatic rings. The van der Waals surface area contributed by atoms with Crippen LogP contribution in [-0.2, 0) is 22.6 Å². The first-order valence-corrected chi connectivity index (χ1v) is 10.5. The molecule has 1 aromatic heterocycles. The summed E-state index contributed by atoms with van der Waals surface area (Å²) in [6, 6.07) is 10.0. The second kappa shape index (κ2) is 9.32. The highest BCUT2D eigenvalue weighted by atomic mass is 16.5. The molecule has 1 aliphatic heterocycles. The van der Waals surface area contributed by atoms with Gasteiger partial charge in [-0.3, -0.25) is 4.79 Å². The molecule has 6 nitrogen and oxygen atoms in total. The van der Waals surface area contributed by atoms with E-state index in [1.54, 1.807) is 0 Å². The molecule has 1 saturated heterocycles. The number of likely N-dealkylation sites (tertiary alicyclic amines) is 1. The molecule has 2 fully saturated rings. The van der Waals surface area contributed by atoms with Crippen LogP contribution in [0.1, 0.15) is 68.3 Å². The van der Waals surface area contributed by atoms with E-state index in [0.29, 0.717) is 43.7 Å². The summed E-state index contributed by atoms with van der Waals surface area (Å²) in [7, 11) is 0. The van der Waals surface area contributed by atoms with E-state index in [0.717, 1.165) is 24.9 Å². The fourth-order valence-corrected chi connectivity index (χ4v) is 4.33. The van der Waals surface area contributed by atoms with Crippen molar-refractivity contribution in [3.05, 3.63) is 47.6 Å². The van der Waals surface area contributed by atoms with Crippen molar-refractivity contribution >= 4 is 5.91 Å². The lowest BCUT2D eigenvalue weighted by Gasteiger charge is -2.23. The van der Waals surface area contributed by atoms with Gasteiger partial charge in [0.1, 0.15) is 6.04 Å². The molecule has 1 amide bonds. The Balaban J connectivity index is 1.27. The minimum absolute atomic E-state index is 0.0552. The van der Waals surface area contributed by atoms with Crippen molar-refractivity contribution in [3.8, 4) is 0 Å². The number of rotatable bonds is 8. The first kappa shape index (κ1) is 19.1. The lowest BCUT2D eigenvalue weighted by atomic mass is 10.0. The first-order valence-electron chi connectivity index (χ1n) is 10.5. The Kier molecular flexibility index (Phi) is 6.37. The van der Waals surface area contributed by atoms with Crippen molar-refractivity contribution in [2.45, 2.75) is 64.0 Å². The van der Waals surface area contributed by atoms with Gasteiger partial charge in [-0.15, -0.1) is 0 Å². The highest BCUT2D eigenvalue weighted by molar-refractivity contribution is 5.77. The number of nitrogens with zero attached hydrogens (tertiary/aromatic N) is 3. The molecule has 1 unspecified atom stereocenters. The van der Waals surface area contributed by atoms with E-state index in [1.807, 2.05) is 35.2 Å². The number of hydrogen-bond acceptors (Lipinski definition) is 5. The molecule has 1 atom stereocenters. The van der Waals surface area contributed by atoms with Gasteiger partial charge in [0.15, 0.2) is 5.82 Å². The molecule has 150 valence electrons. The van der Waals surface area contributed by atoms with Gasteiger partial charge in [0.2, 0.25) is 11.8 Å². The van der Waals surface area contributed by atoms with Crippen LogP contribution in [0.3, 0.4) is 0 Å². The van der Waals surface area contributed by atoms with Gasteiger partial charge in [0.25, 0.3) is 0 Å². The van der Waals surface area contributed by atoms with Gasteiger partial charge >= 0.3 is 0 Å². The summed E-state index contributed by atoms with van der Waals surface area (Å²) < 4.78 is 11.2. The molecule has 4 rings (SSSR count). The SMILES string of the molecule is O=C(CC1CCCC1)N1CCCC1c1nc(CCOCc2ccccc2)no1. The Hall–Kier alpha value is -2.21. The summed E-state index contributed by atoms with van der Waals surface area (Å²) in [5.74, 6) is 2.04. The van der Waals surface area contributed by atoms with Crippen LogP contribution in [0.4, 0.5) is 0 Å². The Morgan fingerprint density at radius 2 is 1.96 bits per heavy atom. The number of benzene rings is 1. The monoisotopic (exact) mass is 383 g/mol. The molecule has 1 aliphatic carbocycles. The Morgan fingerprint density at radius 1 is 1.14 bits per heavy atom. The zero-order valence-corrected chi connectivity index (χ0v) is 16.4. The molecule has 1 aromatic carbocycles. The maximum Gasteiger partial charge on any atom is 0.249 e. The summed E-state index contributed by atoms with van der Waals surface area (Å²) in [6.45, 7) is 1.93. The lowest BCUT2D eigenvalue weighted by Crippen LogP contribution is -2.31.